The highest BCUT2D eigenvalue weighted by Crippen LogP contribution is 2.34. The molecule has 0 N–H and O–H groups in total. The van der Waals surface area contributed by atoms with Crippen molar-refractivity contribution < 1.29 is 23.6 Å². The van der Waals surface area contributed by atoms with Crippen LogP contribution in [0.4, 0.5) is 5.69 Å². The Morgan fingerprint density at radius 2 is 1.80 bits per heavy atom. The fourth-order valence-electron chi connectivity index (χ4n) is 3.89. The maximum Gasteiger partial charge on any atom is 0.265 e. The largest absolute Gasteiger partial charge is 0.476 e. The lowest BCUT2D eigenvalue weighted by Crippen LogP contribution is -2.54. The van der Waals surface area contributed by atoms with Gasteiger partial charge in [0, 0.05) is 18.5 Å². The van der Waals surface area contributed by atoms with Gasteiger partial charge < -0.3 is 23.8 Å². The molecule has 2 amide bonds. The number of morpholine rings is 1. The Morgan fingerprint density at radius 3 is 2.67 bits per heavy atom. The number of nitrogens with zero attached hydrogens (tertiary/aromatic N) is 3. The van der Waals surface area contributed by atoms with E-state index >= 15 is 0 Å². The number of amides is 2. The molecule has 3 heterocycles. The third-order valence-electron chi connectivity index (χ3n) is 5.44. The molecule has 2 aliphatic heterocycles. The van der Waals surface area contributed by atoms with Crippen molar-refractivity contribution in [3.8, 4) is 5.75 Å². The van der Waals surface area contributed by atoms with E-state index in [1.807, 2.05) is 42.5 Å². The summed E-state index contributed by atoms with van der Waals surface area (Å²) in [6, 6.07) is 14.7. The highest BCUT2D eigenvalue weighted by molar-refractivity contribution is 5.99. The van der Waals surface area contributed by atoms with Gasteiger partial charge >= 0.3 is 0 Å². The summed E-state index contributed by atoms with van der Waals surface area (Å²) in [4.78, 5) is 29.6. The van der Waals surface area contributed by atoms with Gasteiger partial charge in [0.2, 0.25) is 5.91 Å². The SMILES string of the molecule is O=C([C@@H]1CN(C(=O)Cc2noc3ccccc23)c2ccccc2O1)N1CCOCC1. The molecule has 154 valence electrons. The van der Waals surface area contributed by atoms with E-state index in [0.717, 1.165) is 5.39 Å². The van der Waals surface area contributed by atoms with Gasteiger partial charge in [-0.05, 0) is 24.3 Å². The lowest BCUT2D eigenvalue weighted by molar-refractivity contribution is -0.142. The number of rotatable bonds is 3. The zero-order valence-corrected chi connectivity index (χ0v) is 16.3. The molecule has 0 saturated carbocycles. The number of anilines is 1. The topological polar surface area (TPSA) is 85.1 Å². The number of para-hydroxylation sites is 3. The number of fused-ring (bicyclic) bond motifs is 2. The Hall–Kier alpha value is -3.39. The van der Waals surface area contributed by atoms with E-state index in [2.05, 4.69) is 5.16 Å². The summed E-state index contributed by atoms with van der Waals surface area (Å²) < 4.78 is 16.6. The first kappa shape index (κ1) is 18.6. The van der Waals surface area contributed by atoms with Crippen LogP contribution in [0.15, 0.2) is 53.1 Å². The fraction of sp³-hybridized carbons (Fsp3) is 0.318. The Balaban J connectivity index is 1.41. The van der Waals surface area contributed by atoms with Crippen LogP contribution in [-0.4, -0.2) is 60.8 Å². The van der Waals surface area contributed by atoms with Gasteiger partial charge in [-0.25, -0.2) is 0 Å². The molecule has 2 aliphatic rings. The van der Waals surface area contributed by atoms with E-state index in [0.29, 0.717) is 49.0 Å². The summed E-state index contributed by atoms with van der Waals surface area (Å²) in [6.45, 7) is 2.23. The molecule has 8 heteroatoms. The first-order valence-electron chi connectivity index (χ1n) is 9.96. The third-order valence-corrected chi connectivity index (χ3v) is 5.44. The smallest absolute Gasteiger partial charge is 0.265 e. The minimum absolute atomic E-state index is 0.0732. The van der Waals surface area contributed by atoms with Crippen LogP contribution < -0.4 is 9.64 Å². The van der Waals surface area contributed by atoms with Gasteiger partial charge in [-0.2, -0.15) is 0 Å². The first-order chi connectivity index (χ1) is 14.7. The Bertz CT molecular complexity index is 1090. The van der Waals surface area contributed by atoms with Crippen molar-refractivity contribution in [2.75, 3.05) is 37.7 Å². The van der Waals surface area contributed by atoms with Crippen molar-refractivity contribution in [3.05, 3.63) is 54.2 Å². The van der Waals surface area contributed by atoms with Crippen molar-refractivity contribution >= 4 is 28.5 Å². The molecule has 30 heavy (non-hydrogen) atoms. The molecule has 1 atom stereocenters. The second-order valence-electron chi connectivity index (χ2n) is 7.32. The second kappa shape index (κ2) is 7.79. The second-order valence-corrected chi connectivity index (χ2v) is 7.32. The molecule has 2 aromatic carbocycles. The highest BCUT2D eigenvalue weighted by Gasteiger charge is 2.36. The number of carbonyl (C=O) groups is 2. The lowest BCUT2D eigenvalue weighted by Gasteiger charge is -2.37. The summed E-state index contributed by atoms with van der Waals surface area (Å²) in [5.74, 6) is 0.232. The monoisotopic (exact) mass is 407 g/mol. The van der Waals surface area contributed by atoms with Crippen LogP contribution in [0.2, 0.25) is 0 Å². The van der Waals surface area contributed by atoms with E-state index in [9.17, 15) is 9.59 Å². The fourth-order valence-corrected chi connectivity index (χ4v) is 3.89. The van der Waals surface area contributed by atoms with Crippen molar-refractivity contribution in [3.63, 3.8) is 0 Å². The van der Waals surface area contributed by atoms with Gasteiger partial charge in [-0.1, -0.05) is 29.4 Å². The van der Waals surface area contributed by atoms with Crippen molar-refractivity contribution in [2.45, 2.75) is 12.5 Å². The maximum absolute atomic E-state index is 13.3. The van der Waals surface area contributed by atoms with Gasteiger partial charge in [-0.3, -0.25) is 9.59 Å². The molecular weight excluding hydrogens is 386 g/mol. The average Bonchev–Trinajstić information content (AvgIpc) is 3.21. The summed E-state index contributed by atoms with van der Waals surface area (Å²) in [5, 5.41) is 4.88. The van der Waals surface area contributed by atoms with Crippen molar-refractivity contribution in [2.24, 2.45) is 0 Å². The Kier molecular flexibility index (Phi) is 4.84. The zero-order chi connectivity index (χ0) is 20.5. The third kappa shape index (κ3) is 3.39. The molecule has 1 aromatic heterocycles. The van der Waals surface area contributed by atoms with Gasteiger partial charge in [0.05, 0.1) is 31.9 Å². The molecule has 0 spiro atoms. The predicted molar refractivity (Wildman–Crippen MR) is 108 cm³/mol. The quantitative estimate of drug-likeness (QED) is 0.661. The molecule has 0 aliphatic carbocycles. The Morgan fingerprint density at radius 1 is 1.03 bits per heavy atom. The average molecular weight is 407 g/mol. The number of benzene rings is 2. The summed E-state index contributed by atoms with van der Waals surface area (Å²) in [7, 11) is 0. The van der Waals surface area contributed by atoms with Gasteiger partial charge in [0.15, 0.2) is 11.7 Å². The van der Waals surface area contributed by atoms with Crippen LogP contribution in [0.1, 0.15) is 5.69 Å². The molecule has 8 nitrogen and oxygen atoms in total. The summed E-state index contributed by atoms with van der Waals surface area (Å²) in [6.07, 6.45) is -0.680. The number of hydrogen-bond donors (Lipinski definition) is 0. The maximum atomic E-state index is 13.3. The highest BCUT2D eigenvalue weighted by atomic mass is 16.5. The molecule has 0 unspecified atom stereocenters. The molecule has 5 rings (SSSR count). The summed E-state index contributed by atoms with van der Waals surface area (Å²) in [5.41, 5.74) is 1.88. The van der Waals surface area contributed by atoms with Crippen molar-refractivity contribution in [1.82, 2.24) is 10.1 Å². The molecule has 1 fully saturated rings. The van der Waals surface area contributed by atoms with Crippen LogP contribution in [0.3, 0.4) is 0 Å². The Labute approximate surface area is 172 Å². The van der Waals surface area contributed by atoms with E-state index in [1.165, 1.54) is 0 Å². The lowest BCUT2D eigenvalue weighted by atomic mass is 10.1. The number of carbonyl (C=O) groups excluding carboxylic acids is 2. The van der Waals surface area contributed by atoms with E-state index in [-0.39, 0.29) is 24.8 Å². The van der Waals surface area contributed by atoms with E-state index in [4.69, 9.17) is 14.0 Å². The standard InChI is InChI=1S/C22H21N3O5/c26-21(13-16-15-5-1-3-7-18(15)30-23-16)25-14-20(22(27)24-9-11-28-12-10-24)29-19-8-4-2-6-17(19)25/h1-8,20H,9-14H2/t20-/m0/s1. The minimum atomic E-state index is -0.754. The molecule has 0 radical (unpaired) electrons. The van der Waals surface area contributed by atoms with Gasteiger partial charge in [0.25, 0.3) is 5.91 Å². The summed E-state index contributed by atoms with van der Waals surface area (Å²) >= 11 is 0. The number of hydrogen-bond acceptors (Lipinski definition) is 6. The number of ether oxygens (including phenoxy) is 2. The van der Waals surface area contributed by atoms with Crippen LogP contribution in [-0.2, 0) is 20.7 Å². The molecular formula is C22H21N3O5. The van der Waals surface area contributed by atoms with Crippen LogP contribution in [0.5, 0.6) is 5.75 Å². The van der Waals surface area contributed by atoms with Crippen LogP contribution in [0, 0.1) is 0 Å². The van der Waals surface area contributed by atoms with Crippen molar-refractivity contribution in [1.29, 1.82) is 0 Å². The van der Waals surface area contributed by atoms with Crippen LogP contribution in [0.25, 0.3) is 11.0 Å². The normalized spacial score (nSPS) is 18.7. The zero-order valence-electron chi connectivity index (χ0n) is 16.3. The number of aromatic nitrogens is 1. The molecule has 3 aromatic rings. The first-order valence-corrected chi connectivity index (χ1v) is 9.96. The molecule has 0 bridgehead atoms. The van der Waals surface area contributed by atoms with Gasteiger partial charge in [-0.15, -0.1) is 0 Å². The predicted octanol–water partition coefficient (Wildman–Crippen LogP) is 2.02. The van der Waals surface area contributed by atoms with Gasteiger partial charge in [0.1, 0.15) is 11.4 Å². The van der Waals surface area contributed by atoms with Crippen LogP contribution >= 0.6 is 0 Å². The van der Waals surface area contributed by atoms with E-state index < -0.39 is 6.10 Å². The minimum Gasteiger partial charge on any atom is -0.476 e. The molecule has 1 saturated heterocycles. The van der Waals surface area contributed by atoms with E-state index in [1.54, 1.807) is 15.9 Å².